The van der Waals surface area contributed by atoms with E-state index in [0.717, 1.165) is 6.42 Å². The van der Waals surface area contributed by atoms with Gasteiger partial charge >= 0.3 is 0 Å². The van der Waals surface area contributed by atoms with E-state index in [2.05, 4.69) is 12.2 Å². The van der Waals surface area contributed by atoms with Crippen molar-refractivity contribution in [3.63, 3.8) is 0 Å². The van der Waals surface area contributed by atoms with Gasteiger partial charge < -0.3 is 5.32 Å². The molecule has 2 nitrogen and oxygen atoms in total. The molecule has 0 aliphatic heterocycles. The quantitative estimate of drug-likeness (QED) is 0.854. The summed E-state index contributed by atoms with van der Waals surface area (Å²) in [5, 5.41) is 3.72. The summed E-state index contributed by atoms with van der Waals surface area (Å²) in [5.74, 6) is 0.568. The van der Waals surface area contributed by atoms with Gasteiger partial charge in [0.15, 0.2) is 0 Å². The predicted molar refractivity (Wildman–Crippen MR) is 70.3 cm³/mol. The number of nitrogens with one attached hydrogen (secondary N) is 1. The first kappa shape index (κ1) is 12.4. The lowest BCUT2D eigenvalue weighted by Crippen LogP contribution is -2.41. The minimum Gasteiger partial charge on any atom is -0.349 e. The number of amides is 1. The first-order valence-corrected chi connectivity index (χ1v) is 6.61. The number of halogens is 1. The molecule has 0 aromatic heterocycles. The molecule has 1 fully saturated rings. The van der Waals surface area contributed by atoms with Crippen molar-refractivity contribution in [1.29, 1.82) is 0 Å². The van der Waals surface area contributed by atoms with Crippen LogP contribution in [0, 0.1) is 5.92 Å². The van der Waals surface area contributed by atoms with Crippen LogP contribution in [0.1, 0.15) is 43.0 Å². The molecular weight excluding hydrogens is 234 g/mol. The second kappa shape index (κ2) is 5.54. The van der Waals surface area contributed by atoms with E-state index in [1.807, 2.05) is 6.07 Å². The Labute approximate surface area is 107 Å². The molecule has 1 aliphatic carbocycles. The van der Waals surface area contributed by atoms with Crippen LogP contribution in [-0.2, 0) is 0 Å². The number of hydrogen-bond acceptors (Lipinski definition) is 1. The minimum atomic E-state index is -0.00810. The molecule has 2 atom stereocenters. The summed E-state index contributed by atoms with van der Waals surface area (Å²) in [7, 11) is 0. The van der Waals surface area contributed by atoms with E-state index in [9.17, 15) is 4.79 Å². The van der Waals surface area contributed by atoms with E-state index in [0.29, 0.717) is 22.5 Å². The summed E-state index contributed by atoms with van der Waals surface area (Å²) in [4.78, 5) is 12.0. The molecule has 0 heterocycles. The van der Waals surface area contributed by atoms with Gasteiger partial charge in [-0.2, -0.15) is 0 Å². The van der Waals surface area contributed by atoms with Crippen molar-refractivity contribution in [2.75, 3.05) is 0 Å². The third-order valence-corrected chi connectivity index (χ3v) is 3.75. The lowest BCUT2D eigenvalue weighted by atomic mass is 9.86. The van der Waals surface area contributed by atoms with Gasteiger partial charge in [0.2, 0.25) is 0 Å². The maximum absolute atomic E-state index is 12.0. The van der Waals surface area contributed by atoms with Crippen LogP contribution in [0.3, 0.4) is 0 Å². The normalized spacial score (nSPS) is 24.4. The lowest BCUT2D eigenvalue weighted by Gasteiger charge is -2.29. The highest BCUT2D eigenvalue weighted by molar-refractivity contribution is 6.30. The Bertz CT molecular complexity index is 405. The summed E-state index contributed by atoms with van der Waals surface area (Å²) in [6, 6.07) is 7.41. The Morgan fingerprint density at radius 2 is 2.12 bits per heavy atom. The standard InChI is InChI=1S/C14H18ClNO/c1-10-5-2-3-8-13(10)16-14(17)11-6-4-7-12(15)9-11/h4,6-7,9-10,13H,2-3,5,8H2,1H3,(H,16,17)/t10-,13+/m1/s1. The molecule has 17 heavy (non-hydrogen) atoms. The molecule has 1 N–H and O–H groups in total. The maximum Gasteiger partial charge on any atom is 0.251 e. The van der Waals surface area contributed by atoms with Crippen molar-refractivity contribution < 1.29 is 4.79 Å². The number of carbonyl (C=O) groups excluding carboxylic acids is 1. The maximum atomic E-state index is 12.0. The van der Waals surface area contributed by atoms with Gasteiger partial charge in [-0.1, -0.05) is 37.4 Å². The third kappa shape index (κ3) is 3.22. The Morgan fingerprint density at radius 3 is 2.82 bits per heavy atom. The minimum absolute atomic E-state index is 0.00810. The third-order valence-electron chi connectivity index (χ3n) is 3.51. The topological polar surface area (TPSA) is 29.1 Å². The molecule has 0 spiro atoms. The van der Waals surface area contributed by atoms with Crippen LogP contribution in [0.2, 0.25) is 5.02 Å². The SMILES string of the molecule is C[C@@H]1CCCC[C@@H]1NC(=O)c1cccc(Cl)c1. The molecule has 1 aromatic rings. The monoisotopic (exact) mass is 251 g/mol. The summed E-state index contributed by atoms with van der Waals surface area (Å²) in [6.07, 6.45) is 4.80. The fourth-order valence-corrected chi connectivity index (χ4v) is 2.60. The van der Waals surface area contributed by atoms with Gasteiger partial charge in [0.05, 0.1) is 0 Å². The second-order valence-corrected chi connectivity index (χ2v) is 5.29. The predicted octanol–water partition coefficient (Wildman–Crippen LogP) is 3.65. The van der Waals surface area contributed by atoms with E-state index in [1.54, 1.807) is 18.2 Å². The highest BCUT2D eigenvalue weighted by atomic mass is 35.5. The smallest absolute Gasteiger partial charge is 0.251 e. The van der Waals surface area contributed by atoms with Crippen molar-refractivity contribution in [2.24, 2.45) is 5.92 Å². The van der Waals surface area contributed by atoms with Gasteiger partial charge in [-0.3, -0.25) is 4.79 Å². The fraction of sp³-hybridized carbons (Fsp3) is 0.500. The number of carbonyl (C=O) groups is 1. The zero-order valence-corrected chi connectivity index (χ0v) is 10.8. The van der Waals surface area contributed by atoms with Gasteiger partial charge in [-0.15, -0.1) is 0 Å². The van der Waals surface area contributed by atoms with E-state index in [4.69, 9.17) is 11.6 Å². The van der Waals surface area contributed by atoms with Gasteiger partial charge in [-0.25, -0.2) is 0 Å². The Morgan fingerprint density at radius 1 is 1.35 bits per heavy atom. The molecule has 1 saturated carbocycles. The van der Waals surface area contributed by atoms with E-state index in [1.165, 1.54) is 19.3 Å². The van der Waals surface area contributed by atoms with Crippen LogP contribution in [0.25, 0.3) is 0 Å². The van der Waals surface area contributed by atoms with Gasteiger partial charge in [0.1, 0.15) is 0 Å². The van der Waals surface area contributed by atoms with E-state index in [-0.39, 0.29) is 5.91 Å². The van der Waals surface area contributed by atoms with Gasteiger partial charge in [0.25, 0.3) is 5.91 Å². The number of benzene rings is 1. The molecule has 2 rings (SSSR count). The van der Waals surface area contributed by atoms with Crippen LogP contribution in [0.4, 0.5) is 0 Å². The van der Waals surface area contributed by atoms with Gasteiger partial charge in [-0.05, 0) is 37.0 Å². The summed E-state index contributed by atoms with van der Waals surface area (Å²) >= 11 is 5.88. The van der Waals surface area contributed by atoms with Gasteiger partial charge in [0, 0.05) is 16.6 Å². The molecule has 1 aliphatic rings. The van der Waals surface area contributed by atoms with Crippen LogP contribution in [-0.4, -0.2) is 11.9 Å². The zero-order valence-electron chi connectivity index (χ0n) is 10.1. The number of rotatable bonds is 2. The lowest BCUT2D eigenvalue weighted by molar-refractivity contribution is 0.0910. The highest BCUT2D eigenvalue weighted by Gasteiger charge is 2.23. The Kier molecular flexibility index (Phi) is 4.06. The molecule has 1 amide bonds. The Balaban J connectivity index is 2.01. The fourth-order valence-electron chi connectivity index (χ4n) is 2.41. The van der Waals surface area contributed by atoms with Crippen LogP contribution >= 0.6 is 11.6 Å². The average Bonchev–Trinajstić information content (AvgIpc) is 2.32. The molecule has 0 bridgehead atoms. The van der Waals surface area contributed by atoms with Crippen molar-refractivity contribution in [3.8, 4) is 0 Å². The average molecular weight is 252 g/mol. The van der Waals surface area contributed by atoms with Crippen LogP contribution < -0.4 is 5.32 Å². The first-order chi connectivity index (χ1) is 8.16. The highest BCUT2D eigenvalue weighted by Crippen LogP contribution is 2.24. The molecule has 3 heteroatoms. The summed E-state index contributed by atoms with van der Waals surface area (Å²) in [5.41, 5.74) is 0.648. The summed E-state index contributed by atoms with van der Waals surface area (Å²) in [6.45, 7) is 2.21. The first-order valence-electron chi connectivity index (χ1n) is 6.23. The molecule has 92 valence electrons. The van der Waals surface area contributed by atoms with Crippen molar-refractivity contribution >= 4 is 17.5 Å². The van der Waals surface area contributed by atoms with Crippen LogP contribution in [0.15, 0.2) is 24.3 Å². The number of hydrogen-bond donors (Lipinski definition) is 1. The largest absolute Gasteiger partial charge is 0.349 e. The zero-order chi connectivity index (χ0) is 12.3. The van der Waals surface area contributed by atoms with Crippen molar-refractivity contribution in [3.05, 3.63) is 34.9 Å². The molecule has 0 saturated heterocycles. The van der Waals surface area contributed by atoms with E-state index >= 15 is 0 Å². The van der Waals surface area contributed by atoms with E-state index < -0.39 is 0 Å². The second-order valence-electron chi connectivity index (χ2n) is 4.85. The summed E-state index contributed by atoms with van der Waals surface area (Å²) < 4.78 is 0. The molecule has 0 unspecified atom stereocenters. The van der Waals surface area contributed by atoms with Crippen LogP contribution in [0.5, 0.6) is 0 Å². The van der Waals surface area contributed by atoms with Crippen molar-refractivity contribution in [1.82, 2.24) is 5.32 Å². The Hall–Kier alpha value is -1.02. The molecular formula is C14H18ClNO. The molecule has 0 radical (unpaired) electrons. The molecule has 1 aromatic carbocycles. The van der Waals surface area contributed by atoms with Crippen molar-refractivity contribution in [2.45, 2.75) is 38.6 Å².